The quantitative estimate of drug-likeness (QED) is 0.763. The van der Waals surface area contributed by atoms with Gasteiger partial charge in [-0.05, 0) is 31.5 Å². The summed E-state index contributed by atoms with van der Waals surface area (Å²) < 4.78 is 0. The van der Waals surface area contributed by atoms with E-state index in [-0.39, 0.29) is 0 Å². The summed E-state index contributed by atoms with van der Waals surface area (Å²) in [7, 11) is 0. The first-order valence-electron chi connectivity index (χ1n) is 6.58. The van der Waals surface area contributed by atoms with Gasteiger partial charge >= 0.3 is 0 Å². The van der Waals surface area contributed by atoms with Crippen LogP contribution >= 0.6 is 12.2 Å². The fraction of sp³-hybridized carbons (Fsp3) is 0.917. The van der Waals surface area contributed by atoms with Gasteiger partial charge in [-0.3, -0.25) is 4.90 Å². The summed E-state index contributed by atoms with van der Waals surface area (Å²) in [6, 6.07) is 0.781. The van der Waals surface area contributed by atoms with Crippen molar-refractivity contribution in [3.8, 4) is 0 Å². The van der Waals surface area contributed by atoms with E-state index in [2.05, 4.69) is 22.0 Å². The molecule has 0 aromatic rings. The topological polar surface area (TPSA) is 18.5 Å². The van der Waals surface area contributed by atoms with Crippen LogP contribution in [0.3, 0.4) is 0 Å². The molecule has 0 spiro atoms. The van der Waals surface area contributed by atoms with Crippen LogP contribution in [0.5, 0.6) is 0 Å². The maximum absolute atomic E-state index is 5.34. The van der Waals surface area contributed by atoms with Crippen LogP contribution in [0.4, 0.5) is 0 Å². The number of nitrogens with zero attached hydrogens (tertiary/aromatic N) is 2. The van der Waals surface area contributed by atoms with Crippen molar-refractivity contribution in [2.24, 2.45) is 0 Å². The van der Waals surface area contributed by atoms with E-state index in [0.717, 1.165) is 31.0 Å². The van der Waals surface area contributed by atoms with Gasteiger partial charge in [0.1, 0.15) is 0 Å². The number of hydrogen-bond acceptors (Lipinski definition) is 2. The molecule has 2 rings (SSSR count). The lowest BCUT2D eigenvalue weighted by Crippen LogP contribution is -2.59. The third-order valence-electron chi connectivity index (χ3n) is 3.66. The minimum Gasteiger partial charge on any atom is -0.350 e. The Morgan fingerprint density at radius 2 is 2.06 bits per heavy atom. The molecule has 1 aliphatic carbocycles. The van der Waals surface area contributed by atoms with Gasteiger partial charge in [-0.15, -0.1) is 0 Å². The minimum atomic E-state index is 0.781. The Labute approximate surface area is 104 Å². The molecule has 0 bridgehead atoms. The first kappa shape index (κ1) is 12.1. The van der Waals surface area contributed by atoms with Crippen LogP contribution in [0, 0.1) is 0 Å². The van der Waals surface area contributed by atoms with Gasteiger partial charge in [-0.1, -0.05) is 26.2 Å². The normalized spacial score (nSPS) is 24.6. The van der Waals surface area contributed by atoms with Crippen molar-refractivity contribution < 1.29 is 0 Å². The zero-order valence-electron chi connectivity index (χ0n) is 10.2. The number of hydrogen-bond donors (Lipinski definition) is 1. The number of nitrogens with one attached hydrogen (secondary N) is 1. The van der Waals surface area contributed by atoms with Gasteiger partial charge in [0, 0.05) is 12.6 Å². The molecular formula is C12H23N3S. The standard InChI is InChI=1S/C12H23N3S/c1-2-8-14-10-15(9-13-12(14)16)11-6-4-3-5-7-11/h11H,2-10H2,1H3,(H,13,16). The van der Waals surface area contributed by atoms with Gasteiger partial charge < -0.3 is 10.2 Å². The SMILES string of the molecule is CCCN1CN(C2CCCCC2)CNC1=S. The molecule has 2 aliphatic rings. The van der Waals surface area contributed by atoms with E-state index in [1.54, 1.807) is 0 Å². The smallest absolute Gasteiger partial charge is 0.170 e. The van der Waals surface area contributed by atoms with Crippen molar-refractivity contribution in [2.45, 2.75) is 51.5 Å². The maximum Gasteiger partial charge on any atom is 0.170 e. The summed E-state index contributed by atoms with van der Waals surface area (Å²) in [5.41, 5.74) is 0. The molecule has 0 unspecified atom stereocenters. The zero-order chi connectivity index (χ0) is 11.4. The van der Waals surface area contributed by atoms with Gasteiger partial charge in [0.2, 0.25) is 0 Å². The number of thiocarbonyl (C=S) groups is 1. The van der Waals surface area contributed by atoms with Crippen LogP contribution < -0.4 is 5.32 Å². The molecule has 0 aromatic heterocycles. The second-order valence-electron chi connectivity index (χ2n) is 4.93. The van der Waals surface area contributed by atoms with E-state index >= 15 is 0 Å². The van der Waals surface area contributed by atoms with E-state index in [9.17, 15) is 0 Å². The fourth-order valence-electron chi connectivity index (χ4n) is 2.75. The highest BCUT2D eigenvalue weighted by Gasteiger charge is 2.26. The highest BCUT2D eigenvalue weighted by molar-refractivity contribution is 7.80. The van der Waals surface area contributed by atoms with Crippen molar-refractivity contribution in [3.63, 3.8) is 0 Å². The Hall–Kier alpha value is -0.350. The third-order valence-corrected chi connectivity index (χ3v) is 4.06. The summed E-state index contributed by atoms with van der Waals surface area (Å²) >= 11 is 5.34. The highest BCUT2D eigenvalue weighted by atomic mass is 32.1. The summed E-state index contributed by atoms with van der Waals surface area (Å²) in [5, 5.41) is 4.29. The van der Waals surface area contributed by atoms with Gasteiger partial charge in [0.25, 0.3) is 0 Å². The van der Waals surface area contributed by atoms with Crippen molar-refractivity contribution >= 4 is 17.3 Å². The Balaban J connectivity index is 1.88. The largest absolute Gasteiger partial charge is 0.350 e. The van der Waals surface area contributed by atoms with Crippen molar-refractivity contribution in [1.29, 1.82) is 0 Å². The predicted octanol–water partition coefficient (Wildman–Crippen LogP) is 2.14. The first-order valence-corrected chi connectivity index (χ1v) is 6.99. The number of rotatable bonds is 3. The van der Waals surface area contributed by atoms with Crippen LogP contribution in [0.1, 0.15) is 45.4 Å². The molecule has 1 saturated heterocycles. The molecule has 3 nitrogen and oxygen atoms in total. The Bertz CT molecular complexity index is 238. The maximum atomic E-state index is 5.34. The molecule has 0 radical (unpaired) electrons. The van der Waals surface area contributed by atoms with E-state index in [1.807, 2.05) is 0 Å². The second-order valence-corrected chi connectivity index (χ2v) is 5.31. The summed E-state index contributed by atoms with van der Waals surface area (Å²) in [6.45, 7) is 5.27. The molecule has 0 aromatic carbocycles. The van der Waals surface area contributed by atoms with E-state index < -0.39 is 0 Å². The van der Waals surface area contributed by atoms with Gasteiger partial charge in [0.05, 0.1) is 13.3 Å². The van der Waals surface area contributed by atoms with Crippen molar-refractivity contribution in [1.82, 2.24) is 15.1 Å². The molecule has 16 heavy (non-hydrogen) atoms. The lowest BCUT2D eigenvalue weighted by atomic mass is 9.94. The van der Waals surface area contributed by atoms with Crippen LogP contribution in [-0.2, 0) is 0 Å². The average Bonchev–Trinajstić information content (AvgIpc) is 2.33. The van der Waals surface area contributed by atoms with Crippen LogP contribution in [-0.4, -0.2) is 40.8 Å². The molecule has 2 fully saturated rings. The van der Waals surface area contributed by atoms with E-state index in [1.165, 1.54) is 38.5 Å². The average molecular weight is 241 g/mol. The predicted molar refractivity (Wildman–Crippen MR) is 71.2 cm³/mol. The molecule has 0 amide bonds. The second kappa shape index (κ2) is 5.82. The fourth-order valence-corrected chi connectivity index (χ4v) is 2.96. The van der Waals surface area contributed by atoms with Crippen molar-refractivity contribution in [3.05, 3.63) is 0 Å². The lowest BCUT2D eigenvalue weighted by Gasteiger charge is -2.43. The molecule has 1 N–H and O–H groups in total. The highest BCUT2D eigenvalue weighted by Crippen LogP contribution is 2.23. The third kappa shape index (κ3) is 2.86. The monoisotopic (exact) mass is 241 g/mol. The van der Waals surface area contributed by atoms with Crippen LogP contribution in [0.15, 0.2) is 0 Å². The Kier molecular flexibility index (Phi) is 4.41. The lowest BCUT2D eigenvalue weighted by molar-refractivity contribution is 0.0835. The zero-order valence-corrected chi connectivity index (χ0v) is 11.1. The molecule has 92 valence electrons. The Morgan fingerprint density at radius 1 is 1.31 bits per heavy atom. The van der Waals surface area contributed by atoms with E-state index in [4.69, 9.17) is 12.2 Å². The molecule has 0 atom stereocenters. The molecular weight excluding hydrogens is 218 g/mol. The molecule has 4 heteroatoms. The molecule has 1 saturated carbocycles. The summed E-state index contributed by atoms with van der Waals surface area (Å²) in [6.07, 6.45) is 8.14. The molecule has 1 heterocycles. The minimum absolute atomic E-state index is 0.781. The van der Waals surface area contributed by atoms with Crippen molar-refractivity contribution in [2.75, 3.05) is 19.9 Å². The Morgan fingerprint density at radius 3 is 2.75 bits per heavy atom. The van der Waals surface area contributed by atoms with Crippen LogP contribution in [0.2, 0.25) is 0 Å². The van der Waals surface area contributed by atoms with Gasteiger partial charge in [-0.25, -0.2) is 0 Å². The molecule has 1 aliphatic heterocycles. The van der Waals surface area contributed by atoms with Gasteiger partial charge in [0.15, 0.2) is 5.11 Å². The summed E-state index contributed by atoms with van der Waals surface area (Å²) in [5.74, 6) is 0. The van der Waals surface area contributed by atoms with Crippen LogP contribution in [0.25, 0.3) is 0 Å². The van der Waals surface area contributed by atoms with E-state index in [0.29, 0.717) is 0 Å². The summed E-state index contributed by atoms with van der Waals surface area (Å²) in [4.78, 5) is 4.86. The first-order chi connectivity index (χ1) is 7.81. The van der Waals surface area contributed by atoms with Gasteiger partial charge in [-0.2, -0.15) is 0 Å².